The van der Waals surface area contributed by atoms with Gasteiger partial charge < -0.3 is 4.90 Å². The molecule has 10 aromatic carbocycles. The number of hydrogen-bond donors (Lipinski definition) is 0. The number of benzene rings is 10. The molecule has 11 rings (SSSR count). The molecule has 2 heteroatoms. The van der Waals surface area contributed by atoms with E-state index in [4.69, 9.17) is 0 Å². The maximum absolute atomic E-state index is 2.48. The van der Waals surface area contributed by atoms with E-state index in [9.17, 15) is 0 Å². The van der Waals surface area contributed by atoms with E-state index in [-0.39, 0.29) is 0 Å². The Morgan fingerprint density at radius 2 is 0.707 bits per heavy atom. The van der Waals surface area contributed by atoms with Crippen molar-refractivity contribution in [3.8, 4) is 44.5 Å². The highest BCUT2D eigenvalue weighted by Gasteiger charge is 2.24. The van der Waals surface area contributed by atoms with Crippen molar-refractivity contribution in [3.05, 3.63) is 224 Å². The second-order valence-electron chi connectivity index (χ2n) is 14.8. The van der Waals surface area contributed by atoms with E-state index in [1.165, 1.54) is 86.2 Å². The molecule has 58 heavy (non-hydrogen) atoms. The molecule has 0 bridgehead atoms. The van der Waals surface area contributed by atoms with Crippen LogP contribution in [0.15, 0.2) is 224 Å². The van der Waals surface area contributed by atoms with Gasteiger partial charge in [-0.3, -0.25) is 0 Å². The molecule has 0 unspecified atom stereocenters. The van der Waals surface area contributed by atoms with Crippen LogP contribution in [-0.4, -0.2) is 0 Å². The van der Waals surface area contributed by atoms with Crippen LogP contribution in [0.4, 0.5) is 17.1 Å². The van der Waals surface area contributed by atoms with Crippen molar-refractivity contribution in [2.45, 2.75) is 0 Å². The monoisotopic (exact) mass is 755 g/mol. The Kier molecular flexibility index (Phi) is 8.42. The Balaban J connectivity index is 1.14. The average Bonchev–Trinajstić information content (AvgIpc) is 3.69. The number of thiophene rings is 1. The third kappa shape index (κ3) is 5.77. The lowest BCUT2D eigenvalue weighted by Crippen LogP contribution is -2.12. The number of fused-ring (bicyclic) bond motifs is 6. The molecule has 11 aromatic rings. The molecule has 0 N–H and O–H groups in total. The van der Waals surface area contributed by atoms with Gasteiger partial charge in [0.25, 0.3) is 0 Å². The molecular formula is C56H37NS. The van der Waals surface area contributed by atoms with E-state index in [0.717, 1.165) is 17.1 Å². The molecule has 0 spiro atoms. The summed E-state index contributed by atoms with van der Waals surface area (Å²) in [6.45, 7) is 0. The Morgan fingerprint density at radius 1 is 0.276 bits per heavy atom. The van der Waals surface area contributed by atoms with Gasteiger partial charge in [-0.1, -0.05) is 194 Å². The highest BCUT2D eigenvalue weighted by atomic mass is 32.1. The molecule has 272 valence electrons. The first-order valence-electron chi connectivity index (χ1n) is 19.8. The van der Waals surface area contributed by atoms with Crippen molar-refractivity contribution in [1.82, 2.24) is 0 Å². The fourth-order valence-electron chi connectivity index (χ4n) is 8.82. The van der Waals surface area contributed by atoms with Crippen LogP contribution in [0.2, 0.25) is 0 Å². The van der Waals surface area contributed by atoms with Crippen molar-refractivity contribution in [2.75, 3.05) is 4.90 Å². The van der Waals surface area contributed by atoms with Gasteiger partial charge in [0.2, 0.25) is 0 Å². The minimum Gasteiger partial charge on any atom is -0.309 e. The molecule has 1 nitrogen and oxygen atoms in total. The summed E-state index contributed by atoms with van der Waals surface area (Å²) in [6.07, 6.45) is 0. The van der Waals surface area contributed by atoms with Gasteiger partial charge >= 0.3 is 0 Å². The minimum absolute atomic E-state index is 1.10. The second-order valence-corrected chi connectivity index (χ2v) is 15.9. The Morgan fingerprint density at radius 3 is 1.34 bits per heavy atom. The van der Waals surface area contributed by atoms with E-state index >= 15 is 0 Å². The molecule has 0 saturated heterocycles. The number of anilines is 3. The van der Waals surface area contributed by atoms with Crippen molar-refractivity contribution >= 4 is 70.1 Å². The summed E-state index contributed by atoms with van der Waals surface area (Å²) in [5, 5.41) is 7.55. The third-order valence-corrected chi connectivity index (χ3v) is 12.7. The third-order valence-electron chi connectivity index (χ3n) is 11.5. The lowest BCUT2D eigenvalue weighted by Gasteiger charge is -2.31. The Labute approximate surface area is 342 Å². The van der Waals surface area contributed by atoms with Gasteiger partial charge in [-0.25, -0.2) is 0 Å². The quantitative estimate of drug-likeness (QED) is 0.146. The van der Waals surface area contributed by atoms with E-state index in [1.54, 1.807) is 0 Å². The van der Waals surface area contributed by atoms with Crippen LogP contribution in [0.3, 0.4) is 0 Å². The fourth-order valence-corrected chi connectivity index (χ4v) is 10.1. The summed E-state index contributed by atoms with van der Waals surface area (Å²) in [7, 11) is 0. The molecule has 1 aromatic heterocycles. The van der Waals surface area contributed by atoms with E-state index in [2.05, 4.69) is 229 Å². The molecule has 1 heterocycles. The summed E-state index contributed by atoms with van der Waals surface area (Å²) in [5.74, 6) is 0. The molecule has 0 amide bonds. The highest BCUT2D eigenvalue weighted by Crippen LogP contribution is 2.50. The van der Waals surface area contributed by atoms with Gasteiger partial charge in [0.1, 0.15) is 0 Å². The molecule has 0 aliphatic carbocycles. The Bertz CT molecular complexity index is 3250. The number of nitrogens with zero attached hydrogens (tertiary/aromatic N) is 1. The lowest BCUT2D eigenvalue weighted by molar-refractivity contribution is 1.30. The van der Waals surface area contributed by atoms with Crippen LogP contribution >= 0.6 is 11.3 Å². The van der Waals surface area contributed by atoms with Crippen LogP contribution in [0.1, 0.15) is 0 Å². The first-order valence-corrected chi connectivity index (χ1v) is 20.7. The van der Waals surface area contributed by atoms with E-state index in [0.29, 0.717) is 0 Å². The van der Waals surface area contributed by atoms with Gasteiger partial charge in [0.15, 0.2) is 0 Å². The highest BCUT2D eigenvalue weighted by molar-refractivity contribution is 7.26. The van der Waals surface area contributed by atoms with E-state index < -0.39 is 0 Å². The second kappa shape index (κ2) is 14.4. The van der Waals surface area contributed by atoms with E-state index in [1.807, 2.05) is 11.3 Å². The van der Waals surface area contributed by atoms with Crippen LogP contribution in [-0.2, 0) is 0 Å². The molecule has 0 atom stereocenters. The largest absolute Gasteiger partial charge is 0.309 e. The van der Waals surface area contributed by atoms with Gasteiger partial charge in [-0.2, -0.15) is 0 Å². The summed E-state index contributed by atoms with van der Waals surface area (Å²) < 4.78 is 2.64. The smallest absolute Gasteiger partial charge is 0.0624 e. The zero-order valence-corrected chi connectivity index (χ0v) is 32.5. The van der Waals surface area contributed by atoms with Crippen LogP contribution < -0.4 is 4.90 Å². The van der Waals surface area contributed by atoms with Crippen molar-refractivity contribution in [1.29, 1.82) is 0 Å². The van der Waals surface area contributed by atoms with Crippen molar-refractivity contribution < 1.29 is 0 Å². The van der Waals surface area contributed by atoms with Crippen molar-refractivity contribution in [2.24, 2.45) is 0 Å². The average molecular weight is 756 g/mol. The normalized spacial score (nSPS) is 11.4. The van der Waals surface area contributed by atoms with Crippen molar-refractivity contribution in [3.63, 3.8) is 0 Å². The molecule has 0 saturated carbocycles. The van der Waals surface area contributed by atoms with Crippen LogP contribution in [0.25, 0.3) is 86.2 Å². The number of rotatable bonds is 7. The summed E-state index contributed by atoms with van der Waals surface area (Å²) in [4.78, 5) is 2.48. The molecule has 0 aliphatic heterocycles. The lowest BCUT2D eigenvalue weighted by atomic mass is 9.89. The zero-order valence-electron chi connectivity index (χ0n) is 31.7. The molecule has 0 aliphatic rings. The van der Waals surface area contributed by atoms with Gasteiger partial charge in [-0.05, 0) is 85.4 Å². The summed E-state index contributed by atoms with van der Waals surface area (Å²) in [5.41, 5.74) is 13.1. The standard InChI is InChI=1S/C56H37NS/c1-3-16-38(17-4-1)44-20-7-8-21-45(44)39-30-34-42(35-31-39)57(43-36-32-40(33-37-43)46-27-15-28-52-49-24-13-14-29-53(49)58-56(46)52)55-51-26-12-10-23-48(51)47-22-9-11-25-50(47)54(55)41-18-5-2-6-19-41/h1-37H. The summed E-state index contributed by atoms with van der Waals surface area (Å²) >= 11 is 1.88. The van der Waals surface area contributed by atoms with Gasteiger partial charge in [0, 0.05) is 42.5 Å². The predicted octanol–water partition coefficient (Wildman–Crippen LogP) is 16.5. The molecule has 0 radical (unpaired) electrons. The van der Waals surface area contributed by atoms with Gasteiger partial charge in [0.05, 0.1) is 5.69 Å². The maximum Gasteiger partial charge on any atom is 0.0624 e. The minimum atomic E-state index is 1.10. The maximum atomic E-state index is 2.48. The number of hydrogen-bond acceptors (Lipinski definition) is 2. The van der Waals surface area contributed by atoms with Crippen LogP contribution in [0, 0.1) is 0 Å². The van der Waals surface area contributed by atoms with Crippen LogP contribution in [0.5, 0.6) is 0 Å². The summed E-state index contributed by atoms with van der Waals surface area (Å²) in [6, 6.07) is 81.9. The predicted molar refractivity (Wildman–Crippen MR) is 251 cm³/mol. The zero-order chi connectivity index (χ0) is 38.4. The topological polar surface area (TPSA) is 3.24 Å². The first-order chi connectivity index (χ1) is 28.8. The Hall–Kier alpha value is -7.26. The van der Waals surface area contributed by atoms with Gasteiger partial charge in [-0.15, -0.1) is 11.3 Å². The molecular weight excluding hydrogens is 719 g/mol. The first kappa shape index (κ1) is 34.0. The SMILES string of the molecule is c1ccc(-c2ccccc2-c2ccc(N(c3ccc(-c4cccc5c4sc4ccccc45)cc3)c3c(-c4ccccc4)c4ccccc4c4ccccc34)cc2)cc1. The molecule has 0 fully saturated rings. The fraction of sp³-hybridized carbons (Fsp3) is 0.